The van der Waals surface area contributed by atoms with Crippen LogP contribution in [0, 0.1) is 0 Å². The molecule has 1 spiro atoms. The number of hydrogen-bond donors (Lipinski definition) is 0. The second-order valence-corrected chi connectivity index (χ2v) is 7.31. The maximum Gasteiger partial charge on any atom is 0.165 e. The number of tetrazole rings is 1. The maximum absolute atomic E-state index is 6.16. The average molecular weight is 279 g/mol. The molecule has 6 heteroatoms. The normalized spacial score (nSPS) is 26.7. The van der Waals surface area contributed by atoms with Gasteiger partial charge in [0.05, 0.1) is 23.8 Å². The molecule has 1 aromatic heterocycles. The fourth-order valence-corrected chi connectivity index (χ4v) is 3.33. The lowest BCUT2D eigenvalue weighted by molar-refractivity contribution is -0.186. The molecule has 0 N–H and O–H groups in total. The van der Waals surface area contributed by atoms with E-state index in [4.69, 9.17) is 4.74 Å². The van der Waals surface area contributed by atoms with Crippen molar-refractivity contribution in [3.05, 3.63) is 5.82 Å². The number of hydrogen-bond acceptors (Lipinski definition) is 5. The quantitative estimate of drug-likeness (QED) is 0.822. The lowest BCUT2D eigenvalue weighted by atomic mass is 9.78. The van der Waals surface area contributed by atoms with E-state index >= 15 is 0 Å². The first-order chi connectivity index (χ1) is 9.38. The lowest BCUT2D eigenvalue weighted by Gasteiger charge is -2.50. The van der Waals surface area contributed by atoms with E-state index in [1.54, 1.807) is 0 Å². The lowest BCUT2D eigenvalue weighted by Crippen LogP contribution is -2.58. The first kappa shape index (κ1) is 13.9. The Labute approximate surface area is 120 Å². The molecular weight excluding hydrogens is 254 g/mol. The highest BCUT2D eigenvalue weighted by Gasteiger charge is 2.44. The van der Waals surface area contributed by atoms with Gasteiger partial charge in [0, 0.05) is 13.1 Å². The summed E-state index contributed by atoms with van der Waals surface area (Å²) in [6.07, 6.45) is 3.97. The van der Waals surface area contributed by atoms with E-state index in [2.05, 4.69) is 48.1 Å². The van der Waals surface area contributed by atoms with Crippen LogP contribution in [0.3, 0.4) is 0 Å². The first-order valence-electron chi connectivity index (χ1n) is 7.56. The molecule has 3 rings (SSSR count). The Kier molecular flexibility index (Phi) is 3.33. The summed E-state index contributed by atoms with van der Waals surface area (Å²) in [4.78, 5) is 2.45. The van der Waals surface area contributed by atoms with Crippen LogP contribution in [-0.4, -0.2) is 49.9 Å². The van der Waals surface area contributed by atoms with Crippen molar-refractivity contribution in [3.8, 4) is 0 Å². The third-order valence-corrected chi connectivity index (χ3v) is 4.28. The predicted octanol–water partition coefficient (Wildman–Crippen LogP) is 1.57. The second-order valence-electron chi connectivity index (χ2n) is 7.31. The number of morpholine rings is 1. The standard InChI is InChI=1S/C14H25N5O/c1-11-8-18(10-14(20-11)6-5-7-14)9-12-15-16-17-19(12)13(2,3)4/h11H,5-10H2,1-4H3. The van der Waals surface area contributed by atoms with E-state index in [1.807, 2.05) is 4.68 Å². The Morgan fingerprint density at radius 3 is 2.70 bits per heavy atom. The fraction of sp³-hybridized carbons (Fsp3) is 0.929. The summed E-state index contributed by atoms with van der Waals surface area (Å²) < 4.78 is 8.09. The largest absolute Gasteiger partial charge is 0.369 e. The van der Waals surface area contributed by atoms with Gasteiger partial charge in [0.25, 0.3) is 0 Å². The van der Waals surface area contributed by atoms with Crippen LogP contribution in [0.15, 0.2) is 0 Å². The third-order valence-electron chi connectivity index (χ3n) is 4.28. The molecule has 1 saturated heterocycles. The van der Waals surface area contributed by atoms with Crippen molar-refractivity contribution < 1.29 is 4.74 Å². The highest BCUT2D eigenvalue weighted by Crippen LogP contribution is 2.40. The molecular formula is C14H25N5O. The van der Waals surface area contributed by atoms with Gasteiger partial charge in [0.2, 0.25) is 0 Å². The molecule has 0 aromatic carbocycles. The number of rotatable bonds is 2. The molecule has 2 aliphatic rings. The van der Waals surface area contributed by atoms with Gasteiger partial charge in [-0.15, -0.1) is 5.10 Å². The molecule has 1 unspecified atom stereocenters. The van der Waals surface area contributed by atoms with Gasteiger partial charge >= 0.3 is 0 Å². The van der Waals surface area contributed by atoms with Crippen LogP contribution in [0.25, 0.3) is 0 Å². The van der Waals surface area contributed by atoms with Crippen molar-refractivity contribution in [1.82, 2.24) is 25.1 Å². The summed E-state index contributed by atoms with van der Waals surface area (Å²) >= 11 is 0. The molecule has 0 bridgehead atoms. The summed E-state index contributed by atoms with van der Waals surface area (Å²) in [6.45, 7) is 11.3. The average Bonchev–Trinajstić information content (AvgIpc) is 2.74. The molecule has 0 amide bonds. The van der Waals surface area contributed by atoms with Crippen molar-refractivity contribution in [2.75, 3.05) is 13.1 Å². The summed E-state index contributed by atoms with van der Waals surface area (Å²) in [5.41, 5.74) is 0.0303. The number of ether oxygens (including phenoxy) is 1. The summed E-state index contributed by atoms with van der Waals surface area (Å²) in [6, 6.07) is 0. The van der Waals surface area contributed by atoms with E-state index in [1.165, 1.54) is 19.3 Å². The maximum atomic E-state index is 6.16. The van der Waals surface area contributed by atoms with E-state index in [-0.39, 0.29) is 11.1 Å². The number of aromatic nitrogens is 4. The molecule has 1 aliphatic heterocycles. The first-order valence-corrected chi connectivity index (χ1v) is 7.56. The fourth-order valence-electron chi connectivity index (χ4n) is 3.33. The van der Waals surface area contributed by atoms with Gasteiger partial charge in [-0.3, -0.25) is 4.90 Å². The van der Waals surface area contributed by atoms with Gasteiger partial charge in [0.1, 0.15) is 0 Å². The van der Waals surface area contributed by atoms with Crippen molar-refractivity contribution in [2.24, 2.45) is 0 Å². The van der Waals surface area contributed by atoms with Crippen molar-refractivity contribution in [2.45, 2.75) is 70.7 Å². The topological polar surface area (TPSA) is 56.1 Å². The Morgan fingerprint density at radius 1 is 1.35 bits per heavy atom. The molecule has 1 saturated carbocycles. The summed E-state index contributed by atoms with van der Waals surface area (Å²) in [5.74, 6) is 0.945. The summed E-state index contributed by atoms with van der Waals surface area (Å²) in [7, 11) is 0. The van der Waals surface area contributed by atoms with Crippen LogP contribution in [0.2, 0.25) is 0 Å². The highest BCUT2D eigenvalue weighted by atomic mass is 16.5. The van der Waals surface area contributed by atoms with Crippen LogP contribution in [0.5, 0.6) is 0 Å². The van der Waals surface area contributed by atoms with Crippen LogP contribution in [0.1, 0.15) is 52.8 Å². The predicted molar refractivity (Wildman–Crippen MR) is 75.2 cm³/mol. The zero-order valence-electron chi connectivity index (χ0n) is 13.0. The van der Waals surface area contributed by atoms with Gasteiger partial charge in [-0.2, -0.15) is 0 Å². The molecule has 112 valence electrons. The summed E-state index contributed by atoms with van der Waals surface area (Å²) in [5, 5.41) is 12.2. The van der Waals surface area contributed by atoms with Gasteiger partial charge in [-0.05, 0) is 57.4 Å². The SMILES string of the molecule is CC1CN(Cc2nnnn2C(C)(C)C)CC2(CCC2)O1. The Morgan fingerprint density at radius 2 is 2.10 bits per heavy atom. The van der Waals surface area contributed by atoms with E-state index in [0.717, 1.165) is 25.5 Å². The van der Waals surface area contributed by atoms with Crippen molar-refractivity contribution in [3.63, 3.8) is 0 Å². The van der Waals surface area contributed by atoms with E-state index in [9.17, 15) is 0 Å². The molecule has 2 heterocycles. The minimum Gasteiger partial charge on any atom is -0.369 e. The zero-order chi connectivity index (χ0) is 14.4. The number of nitrogens with zero attached hydrogens (tertiary/aromatic N) is 5. The van der Waals surface area contributed by atoms with Crippen LogP contribution in [0.4, 0.5) is 0 Å². The van der Waals surface area contributed by atoms with Crippen LogP contribution >= 0.6 is 0 Å². The molecule has 1 atom stereocenters. The Hall–Kier alpha value is -1.01. The second kappa shape index (κ2) is 4.77. The van der Waals surface area contributed by atoms with Gasteiger partial charge in [0.15, 0.2) is 5.82 Å². The molecule has 1 aliphatic carbocycles. The molecule has 6 nitrogen and oxygen atoms in total. The molecule has 20 heavy (non-hydrogen) atoms. The molecule has 0 radical (unpaired) electrons. The Balaban J connectivity index is 1.73. The minimum absolute atomic E-state index is 0.0785. The monoisotopic (exact) mass is 279 g/mol. The van der Waals surface area contributed by atoms with Crippen LogP contribution in [-0.2, 0) is 16.8 Å². The highest BCUT2D eigenvalue weighted by molar-refractivity contribution is 4.98. The van der Waals surface area contributed by atoms with E-state index < -0.39 is 0 Å². The van der Waals surface area contributed by atoms with Gasteiger partial charge < -0.3 is 4.74 Å². The van der Waals surface area contributed by atoms with Crippen LogP contribution < -0.4 is 0 Å². The van der Waals surface area contributed by atoms with Gasteiger partial charge in [-0.25, -0.2) is 4.68 Å². The Bertz CT molecular complexity index is 474. The van der Waals surface area contributed by atoms with Crippen molar-refractivity contribution in [1.29, 1.82) is 0 Å². The molecule has 1 aromatic rings. The van der Waals surface area contributed by atoms with E-state index in [0.29, 0.717) is 6.10 Å². The third kappa shape index (κ3) is 2.59. The molecule has 2 fully saturated rings. The smallest absolute Gasteiger partial charge is 0.165 e. The van der Waals surface area contributed by atoms with Gasteiger partial charge in [-0.1, -0.05) is 0 Å². The minimum atomic E-state index is -0.0785. The zero-order valence-corrected chi connectivity index (χ0v) is 13.0. The van der Waals surface area contributed by atoms with Crippen molar-refractivity contribution >= 4 is 0 Å².